The number of hydrogen-bond donors (Lipinski definition) is 2. The fourth-order valence-corrected chi connectivity index (χ4v) is 3.30. The molecule has 1 aromatic heterocycles. The molecule has 1 fully saturated rings. The summed E-state index contributed by atoms with van der Waals surface area (Å²) in [5, 5.41) is 8.60. The van der Waals surface area contributed by atoms with Crippen molar-refractivity contribution in [3.8, 4) is 11.1 Å². The van der Waals surface area contributed by atoms with Crippen molar-refractivity contribution in [2.24, 2.45) is 5.73 Å². The maximum absolute atomic E-state index is 11.9. The van der Waals surface area contributed by atoms with Crippen LogP contribution in [0.4, 0.5) is 10.7 Å². The van der Waals surface area contributed by atoms with Crippen LogP contribution in [0.3, 0.4) is 0 Å². The normalized spacial score (nSPS) is 13.6. The molecule has 0 saturated carbocycles. The quantitative estimate of drug-likeness (QED) is 0.623. The van der Waals surface area contributed by atoms with Crippen LogP contribution in [0.1, 0.15) is 5.56 Å². The van der Waals surface area contributed by atoms with Crippen LogP contribution in [0.15, 0.2) is 36.7 Å². The number of ether oxygens (including phenoxy) is 1. The van der Waals surface area contributed by atoms with Gasteiger partial charge in [0.25, 0.3) is 0 Å². The molecule has 1 aliphatic heterocycles. The van der Waals surface area contributed by atoms with Gasteiger partial charge in [0.15, 0.2) is 6.61 Å². The minimum Gasteiger partial charge on any atom is -0.479 e. The number of carboxylic acid groups (broad SMARTS) is 1. The van der Waals surface area contributed by atoms with Crippen molar-refractivity contribution in [2.75, 3.05) is 51.3 Å². The van der Waals surface area contributed by atoms with E-state index in [1.807, 2.05) is 29.2 Å². The summed E-state index contributed by atoms with van der Waals surface area (Å²) in [7, 11) is 1.71. The van der Waals surface area contributed by atoms with E-state index >= 15 is 0 Å². The molecule has 2 amide bonds. The first-order valence-corrected chi connectivity index (χ1v) is 10.1. The summed E-state index contributed by atoms with van der Waals surface area (Å²) in [5.74, 6) is -0.762. The fraction of sp³-hybridized carbons (Fsp3) is 0.381. The number of carboxylic acids is 1. The van der Waals surface area contributed by atoms with Gasteiger partial charge in [-0.2, -0.15) is 0 Å². The maximum atomic E-state index is 11.9. The Morgan fingerprint density at radius 2 is 1.81 bits per heavy atom. The zero-order valence-corrected chi connectivity index (χ0v) is 17.8. The molecule has 2 heterocycles. The number of amides is 2. The van der Waals surface area contributed by atoms with Gasteiger partial charge in [-0.05, 0) is 17.2 Å². The van der Waals surface area contributed by atoms with E-state index in [-0.39, 0.29) is 12.5 Å². The number of anilines is 1. The Morgan fingerprint density at radius 3 is 2.44 bits per heavy atom. The molecule has 3 N–H and O–H groups in total. The van der Waals surface area contributed by atoms with Gasteiger partial charge >= 0.3 is 12.1 Å². The van der Waals surface area contributed by atoms with E-state index in [2.05, 4.69) is 9.97 Å². The molecule has 0 unspecified atom stereocenters. The number of carbonyl (C=O) groups excluding carboxylic acids is 2. The third kappa shape index (κ3) is 5.91. The molecule has 2 aromatic rings. The number of benzene rings is 1. The first-order valence-electron chi connectivity index (χ1n) is 10.1. The number of aromatic nitrogens is 2. The number of likely N-dealkylation sites (N-methyl/N-ethyl adjacent to an activating group) is 1. The molecular weight excluding hydrogens is 416 g/mol. The summed E-state index contributed by atoms with van der Waals surface area (Å²) in [6, 6.07) is 7.80. The Balaban J connectivity index is 1.59. The predicted octanol–water partition coefficient (Wildman–Crippen LogP) is 0.404. The lowest BCUT2D eigenvalue weighted by molar-refractivity contribution is -0.140. The molecule has 0 spiro atoms. The third-order valence-corrected chi connectivity index (χ3v) is 5.06. The van der Waals surface area contributed by atoms with E-state index in [9.17, 15) is 14.4 Å². The first-order chi connectivity index (χ1) is 15.4. The highest BCUT2D eigenvalue weighted by atomic mass is 16.6. The number of nitrogens with zero attached hydrogens (tertiary/aromatic N) is 5. The van der Waals surface area contributed by atoms with Crippen molar-refractivity contribution in [1.82, 2.24) is 19.8 Å². The maximum Gasteiger partial charge on any atom is 0.410 e. The summed E-state index contributed by atoms with van der Waals surface area (Å²) < 4.78 is 4.71. The standard InChI is InChI=1S/C21H26N6O5/c1-25(18(28)10-22)13-15-3-2-4-16(9-15)17-11-23-20(24-12-17)26-5-7-27(8-6-26)21(31)32-14-19(29)30/h2-4,9,11-12H,5-8,10,13-14,22H2,1H3,(H,29,30). The Labute approximate surface area is 185 Å². The van der Waals surface area contributed by atoms with Gasteiger partial charge in [0.2, 0.25) is 11.9 Å². The Bertz CT molecular complexity index is 959. The van der Waals surface area contributed by atoms with Gasteiger partial charge in [0.05, 0.1) is 6.54 Å². The smallest absolute Gasteiger partial charge is 0.410 e. The molecular formula is C21H26N6O5. The van der Waals surface area contributed by atoms with Gasteiger partial charge in [0, 0.05) is 57.7 Å². The van der Waals surface area contributed by atoms with Gasteiger partial charge < -0.3 is 30.3 Å². The number of carbonyl (C=O) groups is 3. The van der Waals surface area contributed by atoms with E-state index in [1.165, 1.54) is 4.90 Å². The van der Waals surface area contributed by atoms with Crippen molar-refractivity contribution in [3.63, 3.8) is 0 Å². The van der Waals surface area contributed by atoms with Crippen LogP contribution in [0.5, 0.6) is 0 Å². The summed E-state index contributed by atoms with van der Waals surface area (Å²) in [6.45, 7) is 1.59. The molecule has 170 valence electrons. The van der Waals surface area contributed by atoms with Crippen molar-refractivity contribution in [1.29, 1.82) is 0 Å². The molecule has 0 radical (unpaired) electrons. The predicted molar refractivity (Wildman–Crippen MR) is 116 cm³/mol. The summed E-state index contributed by atoms with van der Waals surface area (Å²) in [6.07, 6.45) is 2.84. The van der Waals surface area contributed by atoms with Crippen LogP contribution in [-0.4, -0.2) is 89.2 Å². The summed E-state index contributed by atoms with van der Waals surface area (Å²) >= 11 is 0. The lowest BCUT2D eigenvalue weighted by atomic mass is 10.1. The number of piperazine rings is 1. The Morgan fingerprint density at radius 1 is 1.12 bits per heavy atom. The second-order valence-electron chi connectivity index (χ2n) is 7.35. The zero-order chi connectivity index (χ0) is 23.1. The monoisotopic (exact) mass is 442 g/mol. The topological polar surface area (TPSA) is 142 Å². The molecule has 0 aliphatic carbocycles. The van der Waals surface area contributed by atoms with Crippen LogP contribution < -0.4 is 10.6 Å². The van der Waals surface area contributed by atoms with Crippen molar-refractivity contribution in [2.45, 2.75) is 6.54 Å². The molecule has 11 nitrogen and oxygen atoms in total. The molecule has 3 rings (SSSR count). The van der Waals surface area contributed by atoms with Crippen LogP contribution in [0.25, 0.3) is 11.1 Å². The molecule has 1 aliphatic rings. The van der Waals surface area contributed by atoms with E-state index in [0.717, 1.165) is 16.7 Å². The molecule has 1 saturated heterocycles. The van der Waals surface area contributed by atoms with E-state index < -0.39 is 18.7 Å². The van der Waals surface area contributed by atoms with E-state index in [1.54, 1.807) is 24.3 Å². The average molecular weight is 442 g/mol. The second kappa shape index (κ2) is 10.5. The van der Waals surface area contributed by atoms with Gasteiger partial charge in [-0.3, -0.25) is 4.79 Å². The highest BCUT2D eigenvalue weighted by Crippen LogP contribution is 2.21. The first kappa shape index (κ1) is 22.9. The number of aliphatic carboxylic acids is 1. The Kier molecular flexibility index (Phi) is 7.55. The molecule has 0 bridgehead atoms. The zero-order valence-electron chi connectivity index (χ0n) is 17.8. The van der Waals surface area contributed by atoms with Crippen molar-refractivity contribution in [3.05, 3.63) is 42.2 Å². The lowest BCUT2D eigenvalue weighted by Gasteiger charge is -2.33. The number of nitrogens with two attached hydrogens (primary N) is 1. The number of rotatable bonds is 7. The van der Waals surface area contributed by atoms with Crippen LogP contribution in [-0.2, 0) is 20.9 Å². The minimum absolute atomic E-state index is 0.0245. The lowest BCUT2D eigenvalue weighted by Crippen LogP contribution is -2.49. The minimum atomic E-state index is -1.19. The molecule has 0 atom stereocenters. The summed E-state index contributed by atoms with van der Waals surface area (Å²) in [5.41, 5.74) is 8.17. The third-order valence-electron chi connectivity index (χ3n) is 5.06. The van der Waals surface area contributed by atoms with Crippen molar-refractivity contribution >= 4 is 23.9 Å². The second-order valence-corrected chi connectivity index (χ2v) is 7.35. The van der Waals surface area contributed by atoms with Crippen molar-refractivity contribution < 1.29 is 24.2 Å². The molecule has 11 heteroatoms. The van der Waals surface area contributed by atoms with E-state index in [4.69, 9.17) is 15.6 Å². The highest BCUT2D eigenvalue weighted by Gasteiger charge is 2.24. The van der Waals surface area contributed by atoms with Gasteiger partial charge in [-0.1, -0.05) is 18.2 Å². The van der Waals surface area contributed by atoms with Gasteiger partial charge in [0.1, 0.15) is 0 Å². The summed E-state index contributed by atoms with van der Waals surface area (Å²) in [4.78, 5) is 48.0. The largest absolute Gasteiger partial charge is 0.479 e. The van der Waals surface area contributed by atoms with Gasteiger partial charge in [-0.25, -0.2) is 19.6 Å². The van der Waals surface area contributed by atoms with Crippen LogP contribution in [0, 0.1) is 0 Å². The van der Waals surface area contributed by atoms with Crippen LogP contribution in [0.2, 0.25) is 0 Å². The highest BCUT2D eigenvalue weighted by molar-refractivity contribution is 5.77. The van der Waals surface area contributed by atoms with E-state index in [0.29, 0.717) is 38.7 Å². The SMILES string of the molecule is CN(Cc1cccc(-c2cnc(N3CCN(C(=O)OCC(=O)O)CC3)nc2)c1)C(=O)CN. The molecule has 1 aromatic carbocycles. The molecule has 32 heavy (non-hydrogen) atoms. The average Bonchev–Trinajstić information content (AvgIpc) is 2.82. The number of hydrogen-bond acceptors (Lipinski definition) is 8. The van der Waals surface area contributed by atoms with Crippen LogP contribution >= 0.6 is 0 Å². The Hall–Kier alpha value is -3.73. The van der Waals surface area contributed by atoms with Gasteiger partial charge in [-0.15, -0.1) is 0 Å². The fourth-order valence-electron chi connectivity index (χ4n) is 3.30.